The zero-order valence-corrected chi connectivity index (χ0v) is 20.7. The maximum absolute atomic E-state index is 13.5. The van der Waals surface area contributed by atoms with Gasteiger partial charge in [-0.25, -0.2) is 4.39 Å². The molecule has 6 rings (SSSR count). The fourth-order valence-corrected chi connectivity index (χ4v) is 5.03. The molecule has 2 fully saturated rings. The number of likely N-dealkylation sites (tertiary alicyclic amines) is 1. The maximum atomic E-state index is 13.5. The Kier molecular flexibility index (Phi) is 6.52. The van der Waals surface area contributed by atoms with Crippen LogP contribution in [0.3, 0.4) is 0 Å². The Hall–Kier alpha value is -4.22. The SMILES string of the molecule is N#Cc1cc(-c2ccnc3cc(-c4ccc(C(=O)N5CC[C@@H](F)C5)cc4)oc23)ccc1OC1CCOCC1. The lowest BCUT2D eigenvalue weighted by atomic mass is 10.0. The van der Waals surface area contributed by atoms with Gasteiger partial charge in [0, 0.05) is 48.3 Å². The van der Waals surface area contributed by atoms with Gasteiger partial charge >= 0.3 is 0 Å². The molecular weight excluding hydrogens is 485 g/mol. The van der Waals surface area contributed by atoms with E-state index in [2.05, 4.69) is 11.1 Å². The first kappa shape index (κ1) is 24.1. The zero-order chi connectivity index (χ0) is 26.1. The van der Waals surface area contributed by atoms with Gasteiger partial charge in [-0.05, 0) is 42.3 Å². The van der Waals surface area contributed by atoms with Crippen molar-refractivity contribution in [3.05, 3.63) is 71.9 Å². The molecule has 1 amide bonds. The summed E-state index contributed by atoms with van der Waals surface area (Å²) in [6.07, 6.45) is 2.80. The highest BCUT2D eigenvalue weighted by molar-refractivity contribution is 5.95. The minimum Gasteiger partial charge on any atom is -0.489 e. The second kappa shape index (κ2) is 10.3. The fourth-order valence-electron chi connectivity index (χ4n) is 5.03. The van der Waals surface area contributed by atoms with Crippen molar-refractivity contribution in [1.29, 1.82) is 5.26 Å². The molecule has 0 radical (unpaired) electrons. The smallest absolute Gasteiger partial charge is 0.253 e. The largest absolute Gasteiger partial charge is 0.489 e. The van der Waals surface area contributed by atoms with Crippen molar-refractivity contribution < 1.29 is 23.1 Å². The van der Waals surface area contributed by atoms with Gasteiger partial charge in [-0.2, -0.15) is 5.26 Å². The number of aromatic nitrogens is 1. The number of pyridine rings is 1. The number of hydrogen-bond donors (Lipinski definition) is 0. The van der Waals surface area contributed by atoms with Gasteiger partial charge in [-0.15, -0.1) is 0 Å². The fraction of sp³-hybridized carbons (Fsp3) is 0.300. The van der Waals surface area contributed by atoms with Gasteiger partial charge < -0.3 is 18.8 Å². The Morgan fingerprint density at radius 1 is 1.05 bits per heavy atom. The highest BCUT2D eigenvalue weighted by atomic mass is 19.1. The first-order chi connectivity index (χ1) is 18.6. The molecule has 2 aromatic carbocycles. The molecule has 0 saturated carbocycles. The average Bonchev–Trinajstić information content (AvgIpc) is 3.60. The summed E-state index contributed by atoms with van der Waals surface area (Å²) < 4.78 is 31.2. The number of alkyl halides is 1. The quantitative estimate of drug-likeness (QED) is 0.338. The van der Waals surface area contributed by atoms with E-state index >= 15 is 0 Å². The summed E-state index contributed by atoms with van der Waals surface area (Å²) in [5.74, 6) is 1.02. The molecule has 192 valence electrons. The maximum Gasteiger partial charge on any atom is 0.253 e. The normalized spacial score (nSPS) is 18.0. The van der Waals surface area contributed by atoms with Gasteiger partial charge in [-0.3, -0.25) is 9.78 Å². The Balaban J connectivity index is 1.27. The molecule has 8 heteroatoms. The minimum absolute atomic E-state index is 0.0413. The highest BCUT2D eigenvalue weighted by Crippen LogP contribution is 2.36. The van der Waals surface area contributed by atoms with E-state index in [4.69, 9.17) is 13.9 Å². The number of amides is 1. The van der Waals surface area contributed by atoms with Gasteiger partial charge in [0.1, 0.15) is 35.4 Å². The number of halogens is 1. The minimum atomic E-state index is -0.949. The first-order valence-corrected chi connectivity index (χ1v) is 12.8. The average molecular weight is 512 g/mol. The number of carbonyl (C=O) groups excluding carboxylic acids is 1. The summed E-state index contributed by atoms with van der Waals surface area (Å²) in [5, 5.41) is 9.79. The summed E-state index contributed by atoms with van der Waals surface area (Å²) in [6, 6.07) is 18.7. The van der Waals surface area contributed by atoms with E-state index in [1.807, 2.05) is 42.5 Å². The molecule has 2 saturated heterocycles. The van der Waals surface area contributed by atoms with E-state index in [1.54, 1.807) is 23.2 Å². The summed E-state index contributed by atoms with van der Waals surface area (Å²) in [7, 11) is 0. The van der Waals surface area contributed by atoms with E-state index in [0.717, 1.165) is 29.5 Å². The lowest BCUT2D eigenvalue weighted by Gasteiger charge is -2.23. The molecule has 0 spiro atoms. The summed E-state index contributed by atoms with van der Waals surface area (Å²) in [4.78, 5) is 18.7. The molecule has 0 aliphatic carbocycles. The van der Waals surface area contributed by atoms with Crippen LogP contribution in [0, 0.1) is 11.3 Å². The van der Waals surface area contributed by atoms with Crippen molar-refractivity contribution in [2.45, 2.75) is 31.5 Å². The zero-order valence-electron chi connectivity index (χ0n) is 20.7. The van der Waals surface area contributed by atoms with E-state index in [9.17, 15) is 14.4 Å². The summed E-state index contributed by atoms with van der Waals surface area (Å²) in [6.45, 7) is 1.92. The van der Waals surface area contributed by atoms with Crippen LogP contribution < -0.4 is 4.74 Å². The van der Waals surface area contributed by atoms with Crippen LogP contribution >= 0.6 is 0 Å². The molecule has 2 aromatic heterocycles. The molecule has 0 N–H and O–H groups in total. The standard InChI is InChI=1S/C30H26FN3O4/c31-23-8-12-34(18-23)30(35)20-3-1-19(2-4-20)28-16-26-29(38-28)25(7-11-33-26)21-5-6-27(22(15-21)17-32)37-24-9-13-36-14-10-24/h1-7,11,15-16,23-24H,8-10,12-14,18H2/t23-/m1/s1. The number of furan rings is 1. The topological polar surface area (TPSA) is 88.6 Å². The van der Waals surface area contributed by atoms with E-state index in [1.165, 1.54) is 0 Å². The van der Waals surface area contributed by atoms with Crippen molar-refractivity contribution >= 4 is 17.0 Å². The van der Waals surface area contributed by atoms with Crippen LogP contribution in [0.2, 0.25) is 0 Å². The third-order valence-electron chi connectivity index (χ3n) is 7.12. The third-order valence-corrected chi connectivity index (χ3v) is 7.12. The van der Waals surface area contributed by atoms with E-state index in [0.29, 0.717) is 59.9 Å². The molecular formula is C30H26FN3O4. The number of nitriles is 1. The van der Waals surface area contributed by atoms with Crippen LogP contribution in [0.5, 0.6) is 5.75 Å². The Morgan fingerprint density at radius 2 is 1.84 bits per heavy atom. The summed E-state index contributed by atoms with van der Waals surface area (Å²) in [5.41, 5.74) is 4.71. The molecule has 0 bridgehead atoms. The Labute approximate surface area is 219 Å². The van der Waals surface area contributed by atoms with Crippen LogP contribution in [-0.4, -0.2) is 54.4 Å². The second-order valence-electron chi connectivity index (χ2n) is 9.65. The van der Waals surface area contributed by atoms with Gasteiger partial charge in [0.2, 0.25) is 0 Å². The highest BCUT2D eigenvalue weighted by Gasteiger charge is 2.26. The molecule has 4 heterocycles. The van der Waals surface area contributed by atoms with Gasteiger partial charge in [-0.1, -0.05) is 18.2 Å². The number of nitrogens with zero attached hydrogens (tertiary/aromatic N) is 3. The van der Waals surface area contributed by atoms with Crippen molar-refractivity contribution in [3.63, 3.8) is 0 Å². The lowest BCUT2D eigenvalue weighted by molar-refractivity contribution is 0.0254. The predicted molar refractivity (Wildman–Crippen MR) is 139 cm³/mol. The van der Waals surface area contributed by atoms with Crippen LogP contribution in [0.15, 0.2) is 65.2 Å². The Bertz CT molecular complexity index is 1520. The molecule has 4 aromatic rings. The van der Waals surface area contributed by atoms with E-state index < -0.39 is 6.17 Å². The van der Waals surface area contributed by atoms with Crippen LogP contribution in [0.4, 0.5) is 4.39 Å². The van der Waals surface area contributed by atoms with Crippen LogP contribution in [0.1, 0.15) is 35.2 Å². The monoisotopic (exact) mass is 511 g/mol. The number of fused-ring (bicyclic) bond motifs is 1. The third kappa shape index (κ3) is 4.73. The molecule has 1 atom stereocenters. The predicted octanol–water partition coefficient (Wildman–Crippen LogP) is 5.78. The number of hydrogen-bond acceptors (Lipinski definition) is 6. The number of benzene rings is 2. The van der Waals surface area contributed by atoms with Crippen LogP contribution in [0.25, 0.3) is 33.6 Å². The van der Waals surface area contributed by atoms with Crippen LogP contribution in [-0.2, 0) is 4.74 Å². The van der Waals surface area contributed by atoms with Gasteiger partial charge in [0.05, 0.1) is 25.3 Å². The van der Waals surface area contributed by atoms with Crippen molar-refractivity contribution in [2.75, 3.05) is 26.3 Å². The number of carbonyl (C=O) groups is 1. The first-order valence-electron chi connectivity index (χ1n) is 12.8. The molecule has 38 heavy (non-hydrogen) atoms. The number of ether oxygens (including phenoxy) is 2. The second-order valence-corrected chi connectivity index (χ2v) is 9.65. The Morgan fingerprint density at radius 3 is 2.58 bits per heavy atom. The van der Waals surface area contributed by atoms with Crippen molar-refractivity contribution in [2.24, 2.45) is 0 Å². The molecule has 2 aliphatic rings. The van der Waals surface area contributed by atoms with Gasteiger partial charge in [0.15, 0.2) is 5.58 Å². The molecule has 2 aliphatic heterocycles. The van der Waals surface area contributed by atoms with Gasteiger partial charge in [0.25, 0.3) is 5.91 Å². The molecule has 0 unspecified atom stereocenters. The lowest BCUT2D eigenvalue weighted by Crippen LogP contribution is -2.28. The van der Waals surface area contributed by atoms with Crippen molar-refractivity contribution in [3.8, 4) is 34.3 Å². The molecule has 7 nitrogen and oxygen atoms in total. The number of rotatable bonds is 5. The van der Waals surface area contributed by atoms with Crippen molar-refractivity contribution in [1.82, 2.24) is 9.88 Å². The van der Waals surface area contributed by atoms with E-state index in [-0.39, 0.29) is 18.6 Å². The summed E-state index contributed by atoms with van der Waals surface area (Å²) >= 11 is 0.